The molecule has 0 radical (unpaired) electrons. The lowest BCUT2D eigenvalue weighted by atomic mass is 10.2. The molecule has 3 aromatic carbocycles. The fourth-order valence-electron chi connectivity index (χ4n) is 2.48. The number of rotatable bonds is 5. The van der Waals surface area contributed by atoms with Crippen LogP contribution in [0.25, 0.3) is 0 Å². The minimum absolute atomic E-state index is 0.232. The third kappa shape index (κ3) is 4.86. The maximum atomic E-state index is 12.2. The first-order chi connectivity index (χ1) is 13.0. The van der Waals surface area contributed by atoms with Crippen LogP contribution in [0.3, 0.4) is 0 Å². The van der Waals surface area contributed by atoms with Crippen LogP contribution in [0.5, 0.6) is 0 Å². The second-order valence-electron chi connectivity index (χ2n) is 5.74. The highest BCUT2D eigenvalue weighted by Crippen LogP contribution is 2.21. The van der Waals surface area contributed by atoms with Gasteiger partial charge in [-0.05, 0) is 60.7 Å². The molecule has 0 aliphatic rings. The largest absolute Gasteiger partial charge is 0.465 e. The molecule has 6 heteroatoms. The molecule has 1 amide bonds. The summed E-state index contributed by atoms with van der Waals surface area (Å²) in [6.07, 6.45) is 0. The Bertz CT molecular complexity index is 971. The van der Waals surface area contributed by atoms with Gasteiger partial charge in [-0.2, -0.15) is 0 Å². The van der Waals surface area contributed by atoms with E-state index in [-0.39, 0.29) is 5.91 Å². The van der Waals surface area contributed by atoms with Crippen molar-refractivity contribution in [1.29, 1.82) is 0 Å². The van der Waals surface area contributed by atoms with Crippen molar-refractivity contribution < 1.29 is 14.3 Å². The van der Waals surface area contributed by atoms with Gasteiger partial charge >= 0.3 is 5.97 Å². The quantitative estimate of drug-likeness (QED) is 0.602. The normalized spacial score (nSPS) is 10.1. The Balaban J connectivity index is 1.67. The standard InChI is InChI=1S/C21H17ClN2O3/c1-27-21(26)15-5-3-7-19(13-15)23-17-8-10-18(11-9-17)24-20(25)14-4-2-6-16(22)12-14/h2-13,23H,1H3,(H,24,25). The predicted molar refractivity (Wildman–Crippen MR) is 107 cm³/mol. The van der Waals surface area contributed by atoms with Crippen LogP contribution in [0.4, 0.5) is 17.1 Å². The zero-order valence-electron chi connectivity index (χ0n) is 14.5. The molecule has 0 spiro atoms. The van der Waals surface area contributed by atoms with Crippen LogP contribution in [0.1, 0.15) is 20.7 Å². The van der Waals surface area contributed by atoms with Gasteiger partial charge in [0.1, 0.15) is 0 Å². The number of carbonyl (C=O) groups excluding carboxylic acids is 2. The average Bonchev–Trinajstić information content (AvgIpc) is 2.69. The van der Waals surface area contributed by atoms with Crippen LogP contribution in [-0.4, -0.2) is 19.0 Å². The van der Waals surface area contributed by atoms with Gasteiger partial charge in [0.05, 0.1) is 12.7 Å². The molecule has 27 heavy (non-hydrogen) atoms. The first-order valence-electron chi connectivity index (χ1n) is 8.17. The van der Waals surface area contributed by atoms with E-state index >= 15 is 0 Å². The molecule has 136 valence electrons. The number of benzene rings is 3. The van der Waals surface area contributed by atoms with E-state index < -0.39 is 5.97 Å². The summed E-state index contributed by atoms with van der Waals surface area (Å²) in [4.78, 5) is 23.8. The van der Waals surface area contributed by atoms with Gasteiger partial charge in [-0.25, -0.2) is 4.79 Å². The smallest absolute Gasteiger partial charge is 0.337 e. The molecule has 0 aromatic heterocycles. The maximum Gasteiger partial charge on any atom is 0.337 e. The maximum absolute atomic E-state index is 12.2. The van der Waals surface area contributed by atoms with Gasteiger partial charge in [0.25, 0.3) is 5.91 Å². The first kappa shape index (κ1) is 18.5. The number of esters is 1. The predicted octanol–water partition coefficient (Wildman–Crippen LogP) is 5.12. The van der Waals surface area contributed by atoms with E-state index in [4.69, 9.17) is 16.3 Å². The molecule has 0 aliphatic heterocycles. The summed E-state index contributed by atoms with van der Waals surface area (Å²) < 4.78 is 4.72. The van der Waals surface area contributed by atoms with Crippen molar-refractivity contribution in [3.8, 4) is 0 Å². The summed E-state index contributed by atoms with van der Waals surface area (Å²) in [7, 11) is 1.35. The topological polar surface area (TPSA) is 67.4 Å². The Kier molecular flexibility index (Phi) is 5.74. The molecule has 0 aliphatic carbocycles. The van der Waals surface area contributed by atoms with E-state index in [1.165, 1.54) is 7.11 Å². The SMILES string of the molecule is COC(=O)c1cccc(Nc2ccc(NC(=O)c3cccc(Cl)c3)cc2)c1. The number of hydrogen-bond donors (Lipinski definition) is 2. The number of nitrogens with one attached hydrogen (secondary N) is 2. The lowest BCUT2D eigenvalue weighted by molar-refractivity contribution is 0.0600. The summed E-state index contributed by atoms with van der Waals surface area (Å²) >= 11 is 5.91. The van der Waals surface area contributed by atoms with E-state index in [1.807, 2.05) is 18.2 Å². The van der Waals surface area contributed by atoms with Gasteiger partial charge in [0.15, 0.2) is 0 Å². The summed E-state index contributed by atoms with van der Waals surface area (Å²) in [5.41, 5.74) is 3.19. The Morgan fingerprint density at radius 3 is 2.19 bits per heavy atom. The average molecular weight is 381 g/mol. The molecular weight excluding hydrogens is 364 g/mol. The van der Waals surface area contributed by atoms with E-state index in [0.29, 0.717) is 21.8 Å². The van der Waals surface area contributed by atoms with Crippen molar-refractivity contribution >= 4 is 40.5 Å². The number of carbonyl (C=O) groups is 2. The number of halogens is 1. The molecule has 5 nitrogen and oxygen atoms in total. The summed E-state index contributed by atoms with van der Waals surface area (Å²) in [5.74, 6) is -0.623. The molecule has 3 aromatic rings. The van der Waals surface area contributed by atoms with Gasteiger partial charge in [0.2, 0.25) is 0 Å². The zero-order valence-corrected chi connectivity index (χ0v) is 15.3. The van der Waals surface area contributed by atoms with Crippen LogP contribution in [0.15, 0.2) is 72.8 Å². The molecule has 2 N–H and O–H groups in total. The molecule has 0 bridgehead atoms. The van der Waals surface area contributed by atoms with Crippen molar-refractivity contribution in [1.82, 2.24) is 0 Å². The van der Waals surface area contributed by atoms with Crippen LogP contribution < -0.4 is 10.6 Å². The molecule has 0 heterocycles. The Morgan fingerprint density at radius 2 is 1.48 bits per heavy atom. The molecule has 3 rings (SSSR count). The van der Waals surface area contributed by atoms with Crippen molar-refractivity contribution in [2.75, 3.05) is 17.7 Å². The first-order valence-corrected chi connectivity index (χ1v) is 8.55. The van der Waals surface area contributed by atoms with Gasteiger partial charge in [-0.3, -0.25) is 4.79 Å². The number of amides is 1. The molecule has 0 saturated heterocycles. The highest BCUT2D eigenvalue weighted by atomic mass is 35.5. The number of anilines is 3. The molecule has 0 saturated carbocycles. The Hall–Kier alpha value is -3.31. The highest BCUT2D eigenvalue weighted by molar-refractivity contribution is 6.31. The van der Waals surface area contributed by atoms with Gasteiger partial charge < -0.3 is 15.4 Å². The summed E-state index contributed by atoms with van der Waals surface area (Å²) in [6, 6.07) is 21.0. The van der Waals surface area contributed by atoms with Crippen molar-refractivity contribution in [3.05, 3.63) is 88.9 Å². The van der Waals surface area contributed by atoms with Crippen molar-refractivity contribution in [2.45, 2.75) is 0 Å². The van der Waals surface area contributed by atoms with Gasteiger partial charge in [-0.15, -0.1) is 0 Å². The molecule has 0 atom stereocenters. The Morgan fingerprint density at radius 1 is 0.815 bits per heavy atom. The van der Waals surface area contributed by atoms with Crippen molar-refractivity contribution in [3.63, 3.8) is 0 Å². The molecule has 0 unspecified atom stereocenters. The third-order valence-corrected chi connectivity index (χ3v) is 4.04. The third-order valence-electron chi connectivity index (χ3n) is 3.80. The number of ether oxygens (including phenoxy) is 1. The highest BCUT2D eigenvalue weighted by Gasteiger charge is 2.08. The molecule has 0 fully saturated rings. The number of methoxy groups -OCH3 is 1. The van der Waals surface area contributed by atoms with Crippen LogP contribution in [-0.2, 0) is 4.74 Å². The fraction of sp³-hybridized carbons (Fsp3) is 0.0476. The zero-order chi connectivity index (χ0) is 19.2. The van der Waals surface area contributed by atoms with Crippen LogP contribution in [0, 0.1) is 0 Å². The summed E-state index contributed by atoms with van der Waals surface area (Å²) in [6.45, 7) is 0. The molecular formula is C21H17ClN2O3. The summed E-state index contributed by atoms with van der Waals surface area (Å²) in [5, 5.41) is 6.54. The van der Waals surface area contributed by atoms with E-state index in [9.17, 15) is 9.59 Å². The van der Waals surface area contributed by atoms with Gasteiger partial charge in [0, 0.05) is 27.6 Å². The van der Waals surface area contributed by atoms with Crippen LogP contribution in [0.2, 0.25) is 5.02 Å². The van der Waals surface area contributed by atoms with Crippen LogP contribution >= 0.6 is 11.6 Å². The monoisotopic (exact) mass is 380 g/mol. The van der Waals surface area contributed by atoms with Crippen molar-refractivity contribution in [2.24, 2.45) is 0 Å². The van der Waals surface area contributed by atoms with E-state index in [1.54, 1.807) is 54.6 Å². The minimum Gasteiger partial charge on any atom is -0.465 e. The van der Waals surface area contributed by atoms with E-state index in [0.717, 1.165) is 11.4 Å². The lowest BCUT2D eigenvalue weighted by Crippen LogP contribution is -2.11. The Labute approximate surface area is 161 Å². The van der Waals surface area contributed by atoms with E-state index in [2.05, 4.69) is 10.6 Å². The second kappa shape index (κ2) is 8.38. The van der Waals surface area contributed by atoms with Gasteiger partial charge in [-0.1, -0.05) is 23.7 Å². The number of hydrogen-bond acceptors (Lipinski definition) is 4. The minimum atomic E-state index is -0.391. The second-order valence-corrected chi connectivity index (χ2v) is 6.18. The fourth-order valence-corrected chi connectivity index (χ4v) is 2.67. The lowest BCUT2D eigenvalue weighted by Gasteiger charge is -2.10.